The number of rotatable bonds is 6. The number of nitriles is 1. The summed E-state index contributed by atoms with van der Waals surface area (Å²) in [5, 5.41) is 14.6. The molecule has 0 heterocycles. The van der Waals surface area contributed by atoms with Gasteiger partial charge >= 0.3 is 0 Å². The van der Waals surface area contributed by atoms with Crippen molar-refractivity contribution in [3.63, 3.8) is 0 Å². The van der Waals surface area contributed by atoms with Gasteiger partial charge in [0.1, 0.15) is 17.4 Å². The number of aryl methyl sites for hydroxylation is 1. The number of benzene rings is 2. The summed E-state index contributed by atoms with van der Waals surface area (Å²) in [5.74, 6) is -0.177. The molecule has 0 unspecified atom stereocenters. The fourth-order valence-corrected chi connectivity index (χ4v) is 2.62. The van der Waals surface area contributed by atoms with E-state index in [4.69, 9.17) is 9.29 Å². The van der Waals surface area contributed by atoms with Crippen molar-refractivity contribution in [2.75, 3.05) is 17.7 Å². The lowest BCUT2D eigenvalue weighted by Gasteiger charge is -2.10. The molecule has 0 saturated heterocycles. The van der Waals surface area contributed by atoms with Crippen LogP contribution in [0, 0.1) is 18.3 Å². The first kappa shape index (κ1) is 20.0. The molecule has 0 aliphatic carbocycles. The first-order valence-electron chi connectivity index (χ1n) is 7.65. The zero-order chi connectivity index (χ0) is 20.0. The van der Waals surface area contributed by atoms with E-state index in [0.717, 1.165) is 5.56 Å². The Bertz CT molecular complexity index is 1020. The van der Waals surface area contributed by atoms with E-state index in [1.807, 2.05) is 13.0 Å². The van der Waals surface area contributed by atoms with Crippen molar-refractivity contribution in [2.24, 2.45) is 0 Å². The molecule has 8 nitrogen and oxygen atoms in total. The maximum absolute atomic E-state index is 12.3. The Morgan fingerprint density at radius 2 is 1.89 bits per heavy atom. The topological polar surface area (TPSA) is 129 Å². The first-order chi connectivity index (χ1) is 12.7. The first-order valence-corrected chi connectivity index (χ1v) is 9.09. The van der Waals surface area contributed by atoms with Crippen LogP contribution in [0.5, 0.6) is 5.75 Å². The van der Waals surface area contributed by atoms with E-state index in [2.05, 4.69) is 10.6 Å². The largest absolute Gasteiger partial charge is 0.495 e. The normalized spacial score (nSPS) is 11.4. The van der Waals surface area contributed by atoms with Crippen LogP contribution < -0.4 is 15.4 Å². The van der Waals surface area contributed by atoms with Gasteiger partial charge in [-0.05, 0) is 48.9 Å². The van der Waals surface area contributed by atoms with E-state index in [9.17, 15) is 18.5 Å². The third-order valence-electron chi connectivity index (χ3n) is 3.50. The second-order valence-electron chi connectivity index (χ2n) is 5.47. The van der Waals surface area contributed by atoms with E-state index in [1.165, 1.54) is 37.6 Å². The lowest BCUT2D eigenvalue weighted by atomic mass is 10.2. The Balaban J connectivity index is 2.15. The number of carbonyl (C=O) groups excluding carboxylic acids is 1. The minimum Gasteiger partial charge on any atom is -0.495 e. The highest BCUT2D eigenvalue weighted by Gasteiger charge is 2.13. The summed E-state index contributed by atoms with van der Waals surface area (Å²) in [5.41, 5.74) is 1.57. The second kappa shape index (κ2) is 8.35. The van der Waals surface area contributed by atoms with Crippen LogP contribution in [0.25, 0.3) is 0 Å². The summed E-state index contributed by atoms with van der Waals surface area (Å²) >= 11 is 0. The van der Waals surface area contributed by atoms with Crippen LogP contribution in [-0.4, -0.2) is 26.0 Å². The molecule has 0 aliphatic rings. The molecule has 0 spiro atoms. The third-order valence-corrected chi connectivity index (χ3v) is 4.37. The average Bonchev–Trinajstić information content (AvgIpc) is 2.62. The zero-order valence-electron chi connectivity index (χ0n) is 14.6. The number of ether oxygens (including phenoxy) is 1. The fourth-order valence-electron chi connectivity index (χ4n) is 2.14. The lowest BCUT2D eigenvalue weighted by Crippen LogP contribution is -2.15. The summed E-state index contributed by atoms with van der Waals surface area (Å²) in [4.78, 5) is 12.1. The van der Waals surface area contributed by atoms with Crippen LogP contribution in [0.1, 0.15) is 5.56 Å². The monoisotopic (exact) mass is 387 g/mol. The SMILES string of the molecule is COc1ccc(C)cc1NC(=O)/C(C#N)=C\Nc1ccc(S(=O)(=O)O)cc1. The van der Waals surface area contributed by atoms with Gasteiger partial charge in [0.05, 0.1) is 17.7 Å². The molecule has 0 fully saturated rings. The van der Waals surface area contributed by atoms with Crippen molar-refractivity contribution >= 4 is 27.4 Å². The molecule has 0 bridgehead atoms. The van der Waals surface area contributed by atoms with Crippen LogP contribution in [0.2, 0.25) is 0 Å². The molecule has 2 aromatic rings. The summed E-state index contributed by atoms with van der Waals surface area (Å²) in [6.07, 6.45) is 1.19. The van der Waals surface area contributed by atoms with Gasteiger partial charge in [-0.3, -0.25) is 9.35 Å². The van der Waals surface area contributed by atoms with Crippen molar-refractivity contribution in [1.82, 2.24) is 0 Å². The van der Waals surface area contributed by atoms with Crippen LogP contribution in [0.15, 0.2) is 59.1 Å². The van der Waals surface area contributed by atoms with Gasteiger partial charge < -0.3 is 15.4 Å². The minimum absolute atomic E-state index is 0.197. The van der Waals surface area contributed by atoms with Crippen LogP contribution in [-0.2, 0) is 14.9 Å². The summed E-state index contributed by atoms with van der Waals surface area (Å²) < 4.78 is 36.2. The van der Waals surface area contributed by atoms with Crippen molar-refractivity contribution < 1.29 is 22.5 Å². The number of hydrogen-bond donors (Lipinski definition) is 3. The maximum Gasteiger partial charge on any atom is 0.294 e. The average molecular weight is 387 g/mol. The molecule has 3 N–H and O–H groups in total. The Labute approximate surface area is 156 Å². The maximum atomic E-state index is 12.3. The number of amides is 1. The molecule has 0 saturated carbocycles. The van der Waals surface area contributed by atoms with Gasteiger partial charge in [0, 0.05) is 11.9 Å². The molecular weight excluding hydrogens is 370 g/mol. The number of hydrogen-bond acceptors (Lipinski definition) is 6. The number of nitrogens with zero attached hydrogens (tertiary/aromatic N) is 1. The predicted octanol–water partition coefficient (Wildman–Crippen LogP) is 2.71. The lowest BCUT2D eigenvalue weighted by molar-refractivity contribution is -0.112. The molecule has 0 radical (unpaired) electrons. The van der Waals surface area contributed by atoms with Gasteiger partial charge in [-0.2, -0.15) is 13.7 Å². The van der Waals surface area contributed by atoms with E-state index < -0.39 is 16.0 Å². The quantitative estimate of drug-likeness (QED) is 0.395. The molecule has 27 heavy (non-hydrogen) atoms. The van der Waals surface area contributed by atoms with Crippen molar-refractivity contribution in [3.8, 4) is 11.8 Å². The zero-order valence-corrected chi connectivity index (χ0v) is 15.4. The molecule has 0 atom stereocenters. The standard InChI is InChI=1S/C18H17N3O5S/c1-12-3-8-17(26-2)16(9-12)21-18(22)13(10-19)11-20-14-4-6-15(7-5-14)27(23,24)25/h3-9,11,20H,1-2H3,(H,21,22)(H,23,24,25)/b13-11-. The number of nitrogens with one attached hydrogen (secondary N) is 2. The Hall–Kier alpha value is -3.35. The van der Waals surface area contributed by atoms with E-state index in [0.29, 0.717) is 17.1 Å². The summed E-state index contributed by atoms with van der Waals surface area (Å²) in [7, 11) is -2.81. The van der Waals surface area contributed by atoms with E-state index in [1.54, 1.807) is 18.2 Å². The van der Waals surface area contributed by atoms with Gasteiger partial charge in [-0.25, -0.2) is 0 Å². The smallest absolute Gasteiger partial charge is 0.294 e. The van der Waals surface area contributed by atoms with Crippen molar-refractivity contribution in [3.05, 3.63) is 59.8 Å². The second-order valence-corrected chi connectivity index (χ2v) is 6.89. The Morgan fingerprint density at radius 1 is 1.22 bits per heavy atom. The van der Waals surface area contributed by atoms with Crippen molar-refractivity contribution in [1.29, 1.82) is 5.26 Å². The molecule has 2 rings (SSSR count). The van der Waals surface area contributed by atoms with Gasteiger partial charge in [0.2, 0.25) is 0 Å². The molecule has 1 amide bonds. The highest BCUT2D eigenvalue weighted by Crippen LogP contribution is 2.25. The van der Waals surface area contributed by atoms with Gasteiger partial charge in [0.15, 0.2) is 0 Å². The number of carbonyl (C=O) groups is 1. The third kappa shape index (κ3) is 5.31. The Kier molecular flexibility index (Phi) is 6.18. The minimum atomic E-state index is -4.29. The fraction of sp³-hybridized carbons (Fsp3) is 0.111. The van der Waals surface area contributed by atoms with Gasteiger partial charge in [0.25, 0.3) is 16.0 Å². The number of methoxy groups -OCH3 is 1. The molecule has 9 heteroatoms. The van der Waals surface area contributed by atoms with Crippen LogP contribution >= 0.6 is 0 Å². The van der Waals surface area contributed by atoms with E-state index in [-0.39, 0.29) is 10.5 Å². The molecule has 140 valence electrons. The molecule has 0 aromatic heterocycles. The predicted molar refractivity (Wildman–Crippen MR) is 99.9 cm³/mol. The molecular formula is C18H17N3O5S. The Morgan fingerprint density at radius 3 is 2.44 bits per heavy atom. The summed E-state index contributed by atoms with van der Waals surface area (Å²) in [6, 6.07) is 12.2. The van der Waals surface area contributed by atoms with Crippen molar-refractivity contribution in [2.45, 2.75) is 11.8 Å². The van der Waals surface area contributed by atoms with Crippen LogP contribution in [0.3, 0.4) is 0 Å². The van der Waals surface area contributed by atoms with Crippen LogP contribution in [0.4, 0.5) is 11.4 Å². The molecule has 0 aliphatic heterocycles. The van der Waals surface area contributed by atoms with Gasteiger partial charge in [-0.1, -0.05) is 6.07 Å². The highest BCUT2D eigenvalue weighted by atomic mass is 32.2. The van der Waals surface area contributed by atoms with Gasteiger partial charge in [-0.15, -0.1) is 0 Å². The summed E-state index contributed by atoms with van der Waals surface area (Å²) in [6.45, 7) is 1.86. The number of anilines is 2. The van der Waals surface area contributed by atoms with E-state index >= 15 is 0 Å². The molecule has 2 aromatic carbocycles. The highest BCUT2D eigenvalue weighted by molar-refractivity contribution is 7.85.